The monoisotopic (exact) mass is 517 g/mol. The van der Waals surface area contributed by atoms with Crippen molar-refractivity contribution in [2.45, 2.75) is 65.0 Å². The number of ether oxygens (including phenoxy) is 2. The summed E-state index contributed by atoms with van der Waals surface area (Å²) in [7, 11) is 2.07. The van der Waals surface area contributed by atoms with Crippen LogP contribution < -0.4 is 9.47 Å². The Hall–Kier alpha value is -3.63. The highest BCUT2D eigenvalue weighted by molar-refractivity contribution is 5.93. The lowest BCUT2D eigenvalue weighted by Crippen LogP contribution is -2.32. The molecule has 0 amide bonds. The molecule has 2 aliphatic rings. The van der Waals surface area contributed by atoms with Crippen LogP contribution in [-0.2, 0) is 13.1 Å². The van der Waals surface area contributed by atoms with E-state index in [1.54, 1.807) is 0 Å². The van der Waals surface area contributed by atoms with Crippen molar-refractivity contribution in [3.8, 4) is 22.9 Å². The van der Waals surface area contributed by atoms with E-state index >= 15 is 0 Å². The minimum atomic E-state index is -0.0779. The Bertz CT molecular complexity index is 1480. The maximum absolute atomic E-state index is 9.75. The third-order valence-corrected chi connectivity index (χ3v) is 6.98. The summed E-state index contributed by atoms with van der Waals surface area (Å²) in [5.74, 6) is 1.38. The van der Waals surface area contributed by atoms with Gasteiger partial charge in [0.05, 0.1) is 59.5 Å². The first kappa shape index (κ1) is 24.7. The van der Waals surface area contributed by atoms with E-state index in [4.69, 9.17) is 19.7 Å². The summed E-state index contributed by atoms with van der Waals surface area (Å²) in [5, 5.41) is 27.9. The number of H-pyrrole nitrogens is 1. The Morgan fingerprint density at radius 2 is 2.08 bits per heavy atom. The Kier molecular flexibility index (Phi) is 6.45. The van der Waals surface area contributed by atoms with Crippen LogP contribution in [0.2, 0.25) is 0 Å². The number of aromatic amines is 1. The summed E-state index contributed by atoms with van der Waals surface area (Å²) < 4.78 is 16.6. The number of fused-ring (bicyclic) bond motifs is 4. The number of aromatic nitrogens is 6. The fourth-order valence-electron chi connectivity index (χ4n) is 5.13. The Labute approximate surface area is 221 Å². The molecule has 1 fully saturated rings. The highest BCUT2D eigenvalue weighted by Crippen LogP contribution is 2.42. The molecule has 4 aromatic rings. The van der Waals surface area contributed by atoms with Gasteiger partial charge in [0, 0.05) is 18.5 Å². The maximum Gasteiger partial charge on any atom is 0.240 e. The molecular weight excluding hydrogens is 482 g/mol. The minimum Gasteiger partial charge on any atom is -0.473 e. The lowest BCUT2D eigenvalue weighted by molar-refractivity contribution is 0.144. The van der Waals surface area contributed by atoms with Crippen LogP contribution in [0.3, 0.4) is 0 Å². The average molecular weight is 518 g/mol. The molecule has 6 rings (SSSR count). The zero-order valence-electron chi connectivity index (χ0n) is 22.4. The van der Waals surface area contributed by atoms with Crippen molar-refractivity contribution in [3.05, 3.63) is 41.3 Å². The molecule has 38 heavy (non-hydrogen) atoms. The normalized spacial score (nSPS) is 19.2. The molecule has 0 spiro atoms. The van der Waals surface area contributed by atoms with Gasteiger partial charge in [0.2, 0.25) is 11.8 Å². The van der Waals surface area contributed by atoms with Crippen molar-refractivity contribution in [2.75, 3.05) is 20.2 Å². The minimum absolute atomic E-state index is 0.00984. The number of nitrogens with one attached hydrogen (secondary N) is 1. The molecule has 2 bridgehead atoms. The largest absolute Gasteiger partial charge is 0.473 e. The summed E-state index contributed by atoms with van der Waals surface area (Å²) in [5.41, 5.74) is 5.70. The van der Waals surface area contributed by atoms with E-state index in [1.807, 2.05) is 47.6 Å². The summed E-state index contributed by atoms with van der Waals surface area (Å²) >= 11 is 0. The fourth-order valence-corrected chi connectivity index (χ4v) is 5.13. The predicted octanol–water partition coefficient (Wildman–Crippen LogP) is 4.12. The average Bonchev–Trinajstić information content (AvgIpc) is 3.40. The number of aliphatic hydroxyl groups excluding tert-OH is 1. The first-order valence-corrected chi connectivity index (χ1v) is 13.4. The molecule has 0 unspecified atom stereocenters. The van der Waals surface area contributed by atoms with Crippen LogP contribution in [0.5, 0.6) is 11.8 Å². The van der Waals surface area contributed by atoms with Crippen LogP contribution >= 0.6 is 0 Å². The van der Waals surface area contributed by atoms with Gasteiger partial charge in [-0.05, 0) is 70.5 Å². The van der Waals surface area contributed by atoms with E-state index in [1.165, 1.54) is 0 Å². The van der Waals surface area contributed by atoms with Gasteiger partial charge in [-0.15, -0.1) is 5.10 Å². The second-order valence-electron chi connectivity index (χ2n) is 10.6. The molecule has 1 aliphatic carbocycles. The number of rotatable bonds is 5. The van der Waals surface area contributed by atoms with Crippen molar-refractivity contribution in [1.82, 2.24) is 34.7 Å². The number of benzene rings is 1. The molecule has 0 saturated heterocycles. The van der Waals surface area contributed by atoms with Crippen molar-refractivity contribution in [2.24, 2.45) is 0 Å². The van der Waals surface area contributed by atoms with Crippen molar-refractivity contribution >= 4 is 23.1 Å². The van der Waals surface area contributed by atoms with Gasteiger partial charge in [-0.3, -0.25) is 14.7 Å². The molecule has 1 aliphatic heterocycles. The lowest BCUT2D eigenvalue weighted by atomic mass is 10.0. The van der Waals surface area contributed by atoms with Crippen molar-refractivity contribution in [3.63, 3.8) is 0 Å². The Balaban J connectivity index is 1.51. The van der Waals surface area contributed by atoms with E-state index < -0.39 is 0 Å². The molecule has 2 N–H and O–H groups in total. The van der Waals surface area contributed by atoms with Crippen LogP contribution in [0.25, 0.3) is 34.2 Å². The summed E-state index contributed by atoms with van der Waals surface area (Å²) in [6.45, 7) is 7.77. The van der Waals surface area contributed by atoms with E-state index in [0.29, 0.717) is 31.6 Å². The van der Waals surface area contributed by atoms with Gasteiger partial charge in [-0.1, -0.05) is 6.07 Å². The quantitative estimate of drug-likeness (QED) is 0.410. The summed E-state index contributed by atoms with van der Waals surface area (Å²) in [6, 6.07) is 6.66. The number of hydrogen-bond donors (Lipinski definition) is 2. The van der Waals surface area contributed by atoms with E-state index in [2.05, 4.69) is 41.2 Å². The molecule has 200 valence electrons. The Morgan fingerprint density at radius 1 is 1.24 bits per heavy atom. The molecule has 10 nitrogen and oxygen atoms in total. The van der Waals surface area contributed by atoms with Crippen molar-refractivity contribution in [1.29, 1.82) is 0 Å². The van der Waals surface area contributed by atoms with Gasteiger partial charge in [0.25, 0.3) is 0 Å². The van der Waals surface area contributed by atoms with E-state index in [-0.39, 0.29) is 18.8 Å². The molecule has 1 atom stereocenters. The van der Waals surface area contributed by atoms with Gasteiger partial charge in [0.1, 0.15) is 6.10 Å². The van der Waals surface area contributed by atoms with Gasteiger partial charge >= 0.3 is 0 Å². The molecule has 0 radical (unpaired) electrons. The van der Waals surface area contributed by atoms with Crippen LogP contribution in [0, 0.1) is 0 Å². The van der Waals surface area contributed by atoms with Gasteiger partial charge in [0.15, 0.2) is 0 Å². The Morgan fingerprint density at radius 3 is 2.84 bits per heavy atom. The topological polar surface area (TPSA) is 106 Å². The smallest absolute Gasteiger partial charge is 0.240 e. The standard InChI is InChI=1S/C28H35N7O3/c1-17(2)37-27-21-8-10-25-22-13-19(5-9-24(22)30-31-25)23-14-29-35(20-6-7-20)28(23)38-18(3)15-33(4)16-26(21)34(32-27)11-12-36/h5,8-10,13-14,17-18,20,36H,6-7,11-12,15-16H2,1-4H3,(H,30,31)/b10-8+/t18-/m0/s1. The van der Waals surface area contributed by atoms with E-state index in [9.17, 15) is 5.11 Å². The third-order valence-electron chi connectivity index (χ3n) is 6.98. The first-order valence-electron chi connectivity index (χ1n) is 13.4. The molecule has 4 heterocycles. The fraction of sp³-hybridized carbons (Fsp3) is 0.464. The highest BCUT2D eigenvalue weighted by Gasteiger charge is 2.30. The van der Waals surface area contributed by atoms with Crippen LogP contribution in [0.1, 0.15) is 56.6 Å². The zero-order valence-corrected chi connectivity index (χ0v) is 22.4. The molecule has 10 heteroatoms. The molecule has 3 aromatic heterocycles. The van der Waals surface area contributed by atoms with Crippen LogP contribution in [0.15, 0.2) is 24.4 Å². The molecule has 1 saturated carbocycles. The van der Waals surface area contributed by atoms with E-state index in [0.717, 1.165) is 57.7 Å². The molecular formula is C28H35N7O3. The first-order chi connectivity index (χ1) is 18.4. The second-order valence-corrected chi connectivity index (χ2v) is 10.6. The lowest BCUT2D eigenvalue weighted by Gasteiger charge is -2.24. The van der Waals surface area contributed by atoms with Crippen LogP contribution in [0.4, 0.5) is 0 Å². The number of hydrogen-bond acceptors (Lipinski definition) is 7. The zero-order chi connectivity index (χ0) is 26.4. The van der Waals surface area contributed by atoms with Gasteiger partial charge < -0.3 is 14.6 Å². The SMILES string of the molecule is CC(C)Oc1nn(CCO)c2c1/C=C/c1[nH]nc3ccc(cc13)-c1cnn(C3CC3)c1O[C@@H](C)CN(C)C2. The van der Waals surface area contributed by atoms with Crippen LogP contribution in [-0.4, -0.2) is 72.2 Å². The maximum atomic E-state index is 9.75. The number of nitrogens with zero attached hydrogens (tertiary/aromatic N) is 6. The van der Waals surface area contributed by atoms with Gasteiger partial charge in [-0.25, -0.2) is 4.68 Å². The van der Waals surface area contributed by atoms with Crippen molar-refractivity contribution < 1.29 is 14.6 Å². The number of aliphatic hydroxyl groups is 1. The van der Waals surface area contributed by atoms with Gasteiger partial charge in [-0.2, -0.15) is 10.2 Å². The summed E-state index contributed by atoms with van der Waals surface area (Å²) in [4.78, 5) is 2.22. The predicted molar refractivity (Wildman–Crippen MR) is 146 cm³/mol. The highest BCUT2D eigenvalue weighted by atomic mass is 16.5. The second kappa shape index (κ2) is 9.92. The molecule has 1 aromatic carbocycles. The third kappa shape index (κ3) is 4.69. The summed E-state index contributed by atoms with van der Waals surface area (Å²) in [6.07, 6.45) is 8.13. The number of likely N-dealkylation sites (N-methyl/N-ethyl adjacent to an activating group) is 1.